The fourth-order valence-corrected chi connectivity index (χ4v) is 4.02. The first-order valence-corrected chi connectivity index (χ1v) is 8.89. The minimum Gasteiger partial charge on any atom is -0.481 e. The highest BCUT2D eigenvalue weighted by Crippen LogP contribution is 2.38. The van der Waals surface area contributed by atoms with Crippen LogP contribution < -0.4 is 5.32 Å². The lowest BCUT2D eigenvalue weighted by molar-refractivity contribution is -0.141. The molecule has 1 saturated carbocycles. The number of hydrogen-bond donors (Lipinski definition) is 2. The Hall–Kier alpha value is -2.15. The van der Waals surface area contributed by atoms with E-state index in [9.17, 15) is 18.8 Å². The zero-order valence-electron chi connectivity index (χ0n) is 14.2. The number of amides is 2. The van der Waals surface area contributed by atoms with E-state index in [0.717, 1.165) is 0 Å². The number of halogens is 2. The van der Waals surface area contributed by atoms with E-state index in [-0.39, 0.29) is 29.3 Å². The summed E-state index contributed by atoms with van der Waals surface area (Å²) in [7, 11) is 1.59. The molecular weight excluding hydrogens is 363 g/mol. The molecule has 26 heavy (non-hydrogen) atoms. The molecule has 2 aliphatic rings. The van der Waals surface area contributed by atoms with Crippen molar-refractivity contribution in [2.75, 3.05) is 7.05 Å². The highest BCUT2D eigenvalue weighted by Gasteiger charge is 2.44. The van der Waals surface area contributed by atoms with Crippen molar-refractivity contribution >= 4 is 29.4 Å². The third kappa shape index (κ3) is 3.53. The molecule has 2 unspecified atom stereocenters. The van der Waals surface area contributed by atoms with Crippen LogP contribution in [0.2, 0.25) is 5.02 Å². The second-order valence-electron chi connectivity index (χ2n) is 6.99. The van der Waals surface area contributed by atoms with Gasteiger partial charge in [-0.05, 0) is 37.0 Å². The van der Waals surface area contributed by atoms with E-state index < -0.39 is 29.7 Å². The maximum atomic E-state index is 13.8. The Balaban J connectivity index is 1.76. The van der Waals surface area contributed by atoms with Crippen LogP contribution in [0.15, 0.2) is 18.2 Å². The summed E-state index contributed by atoms with van der Waals surface area (Å²) in [6.45, 7) is 0. The summed E-state index contributed by atoms with van der Waals surface area (Å²) in [6, 6.07) is 3.48. The minimum atomic E-state index is -0.855. The number of benzene rings is 1. The van der Waals surface area contributed by atoms with Crippen molar-refractivity contribution in [3.05, 3.63) is 34.6 Å². The Kier molecular flexibility index (Phi) is 5.18. The number of carbonyl (C=O) groups is 3. The summed E-state index contributed by atoms with van der Waals surface area (Å²) in [5.74, 6) is -3.06. The molecule has 2 fully saturated rings. The highest BCUT2D eigenvalue weighted by atomic mass is 35.5. The molecule has 1 aliphatic heterocycles. The van der Waals surface area contributed by atoms with Crippen LogP contribution >= 0.6 is 11.6 Å². The molecule has 2 amide bonds. The maximum absolute atomic E-state index is 13.8. The summed E-state index contributed by atoms with van der Waals surface area (Å²) >= 11 is 5.72. The lowest BCUT2D eigenvalue weighted by atomic mass is 9.92. The van der Waals surface area contributed by atoms with Crippen LogP contribution in [0, 0.1) is 17.7 Å². The molecule has 1 saturated heterocycles. The number of rotatable bonds is 4. The van der Waals surface area contributed by atoms with Crippen LogP contribution in [0.1, 0.15) is 37.3 Å². The quantitative estimate of drug-likeness (QED) is 0.837. The van der Waals surface area contributed by atoms with Crippen LogP contribution in [-0.2, 0) is 14.4 Å². The second-order valence-corrected chi connectivity index (χ2v) is 7.39. The molecule has 6 nitrogen and oxygen atoms in total. The number of nitrogens with one attached hydrogen (secondary N) is 1. The number of likely N-dealkylation sites (tertiary alicyclic amines) is 1. The Bertz CT molecular complexity index is 757. The summed E-state index contributed by atoms with van der Waals surface area (Å²) in [5.41, 5.74) is 0.509. The van der Waals surface area contributed by atoms with Gasteiger partial charge in [0.25, 0.3) is 0 Å². The van der Waals surface area contributed by atoms with Crippen molar-refractivity contribution in [2.45, 2.75) is 37.8 Å². The SMILES string of the molecule is CN1C(=O)CC(C(=O)N[C@@H]2CC[C@H](C(=O)O)C2)C1c1ccc(Cl)c(F)c1. The second kappa shape index (κ2) is 7.23. The van der Waals surface area contributed by atoms with Gasteiger partial charge in [-0.3, -0.25) is 14.4 Å². The van der Waals surface area contributed by atoms with Gasteiger partial charge in [-0.2, -0.15) is 0 Å². The highest BCUT2D eigenvalue weighted by molar-refractivity contribution is 6.30. The molecule has 0 bridgehead atoms. The van der Waals surface area contributed by atoms with E-state index in [1.165, 1.54) is 17.0 Å². The predicted molar refractivity (Wildman–Crippen MR) is 91.9 cm³/mol. The first kappa shape index (κ1) is 18.6. The van der Waals surface area contributed by atoms with Crippen molar-refractivity contribution in [3.63, 3.8) is 0 Å². The third-order valence-electron chi connectivity index (χ3n) is 5.34. The van der Waals surface area contributed by atoms with Gasteiger partial charge in [0.1, 0.15) is 5.82 Å². The van der Waals surface area contributed by atoms with Gasteiger partial charge in [0.15, 0.2) is 0 Å². The van der Waals surface area contributed by atoms with Gasteiger partial charge in [0, 0.05) is 19.5 Å². The van der Waals surface area contributed by atoms with E-state index in [4.69, 9.17) is 16.7 Å². The third-order valence-corrected chi connectivity index (χ3v) is 5.64. The van der Waals surface area contributed by atoms with E-state index in [1.807, 2.05) is 0 Å². The Morgan fingerprint density at radius 3 is 2.69 bits per heavy atom. The monoisotopic (exact) mass is 382 g/mol. The summed E-state index contributed by atoms with van der Waals surface area (Å²) < 4.78 is 13.8. The van der Waals surface area contributed by atoms with Crippen LogP contribution in [0.3, 0.4) is 0 Å². The van der Waals surface area contributed by atoms with Crippen molar-refractivity contribution in [3.8, 4) is 0 Å². The number of carboxylic acid groups (broad SMARTS) is 1. The number of hydrogen-bond acceptors (Lipinski definition) is 3. The predicted octanol–water partition coefficient (Wildman–Crippen LogP) is 2.37. The molecule has 1 heterocycles. The molecule has 8 heteroatoms. The lowest BCUT2D eigenvalue weighted by Crippen LogP contribution is -2.39. The van der Waals surface area contributed by atoms with Gasteiger partial charge in [0.2, 0.25) is 11.8 Å². The molecule has 1 aliphatic carbocycles. The molecule has 4 atom stereocenters. The summed E-state index contributed by atoms with van der Waals surface area (Å²) in [6.07, 6.45) is 1.54. The average molecular weight is 383 g/mol. The van der Waals surface area contributed by atoms with Crippen LogP contribution in [0.25, 0.3) is 0 Å². The first-order valence-electron chi connectivity index (χ1n) is 8.51. The Labute approximate surface area is 155 Å². The van der Waals surface area contributed by atoms with Gasteiger partial charge < -0.3 is 15.3 Å². The van der Waals surface area contributed by atoms with Crippen LogP contribution in [-0.4, -0.2) is 40.9 Å². The van der Waals surface area contributed by atoms with Gasteiger partial charge >= 0.3 is 5.97 Å². The number of carboxylic acids is 1. The van der Waals surface area contributed by atoms with Gasteiger partial charge in [-0.1, -0.05) is 17.7 Å². The molecule has 0 aromatic heterocycles. The summed E-state index contributed by atoms with van der Waals surface area (Å²) in [4.78, 5) is 37.4. The Morgan fingerprint density at radius 1 is 1.35 bits per heavy atom. The van der Waals surface area contributed by atoms with E-state index in [2.05, 4.69) is 5.32 Å². The van der Waals surface area contributed by atoms with E-state index >= 15 is 0 Å². The van der Waals surface area contributed by atoms with Crippen molar-refractivity contribution in [1.82, 2.24) is 10.2 Å². The largest absolute Gasteiger partial charge is 0.481 e. The molecule has 0 radical (unpaired) electrons. The van der Waals surface area contributed by atoms with E-state index in [1.54, 1.807) is 13.1 Å². The average Bonchev–Trinajstić information content (AvgIpc) is 3.16. The number of nitrogens with zero attached hydrogens (tertiary/aromatic N) is 1. The van der Waals surface area contributed by atoms with Crippen LogP contribution in [0.5, 0.6) is 0 Å². The zero-order valence-corrected chi connectivity index (χ0v) is 15.0. The Morgan fingerprint density at radius 2 is 2.08 bits per heavy atom. The standard InChI is InChI=1S/C18H20ClFN2O4/c1-22-15(23)8-12(16(22)9-3-5-13(19)14(20)7-9)17(24)21-11-4-2-10(6-11)18(25)26/h3,5,7,10-12,16H,2,4,6,8H2,1H3,(H,21,24)(H,25,26)/t10-,11+,12?,16?/m0/s1. The minimum absolute atomic E-state index is 0.0209. The fraction of sp³-hybridized carbons (Fsp3) is 0.500. The smallest absolute Gasteiger partial charge is 0.306 e. The topological polar surface area (TPSA) is 86.7 Å². The van der Waals surface area contributed by atoms with E-state index in [0.29, 0.717) is 24.8 Å². The maximum Gasteiger partial charge on any atom is 0.306 e. The van der Waals surface area contributed by atoms with Gasteiger partial charge in [-0.15, -0.1) is 0 Å². The van der Waals surface area contributed by atoms with Crippen molar-refractivity contribution in [1.29, 1.82) is 0 Å². The molecule has 1 aromatic carbocycles. The summed E-state index contributed by atoms with van der Waals surface area (Å²) in [5, 5.41) is 11.9. The van der Waals surface area contributed by atoms with Gasteiger partial charge in [0.05, 0.1) is 22.9 Å². The van der Waals surface area contributed by atoms with Crippen LogP contribution in [0.4, 0.5) is 4.39 Å². The molecule has 140 valence electrons. The van der Waals surface area contributed by atoms with Crippen molar-refractivity contribution < 1.29 is 23.9 Å². The molecule has 2 N–H and O–H groups in total. The number of aliphatic carboxylic acids is 1. The zero-order chi connectivity index (χ0) is 19.0. The number of carbonyl (C=O) groups excluding carboxylic acids is 2. The molecular formula is C18H20ClFN2O4. The molecule has 1 aromatic rings. The van der Waals surface area contributed by atoms with Crippen molar-refractivity contribution in [2.24, 2.45) is 11.8 Å². The first-order chi connectivity index (χ1) is 12.3. The normalized spacial score (nSPS) is 28.4. The molecule has 3 rings (SSSR count). The molecule has 0 spiro atoms. The fourth-order valence-electron chi connectivity index (χ4n) is 3.90. The van der Waals surface area contributed by atoms with Gasteiger partial charge in [-0.25, -0.2) is 4.39 Å². The lowest BCUT2D eigenvalue weighted by Gasteiger charge is -2.26.